The Kier molecular flexibility index (Phi) is 7.28. The molecule has 1 saturated carbocycles. The molecular formula is C14H27NO3. The van der Waals surface area contributed by atoms with E-state index in [4.69, 9.17) is 9.84 Å². The Labute approximate surface area is 110 Å². The zero-order valence-corrected chi connectivity index (χ0v) is 11.7. The number of ether oxygens (including phenoxy) is 1. The first-order valence-electron chi connectivity index (χ1n) is 7.18. The Bertz CT molecular complexity index is 245. The van der Waals surface area contributed by atoms with Crippen molar-refractivity contribution in [3.63, 3.8) is 0 Å². The number of aliphatic hydroxyl groups excluding tert-OH is 1. The molecule has 0 saturated heterocycles. The van der Waals surface area contributed by atoms with Crippen molar-refractivity contribution in [3.05, 3.63) is 0 Å². The third kappa shape index (κ3) is 5.36. The lowest BCUT2D eigenvalue weighted by atomic mass is 9.85. The fourth-order valence-corrected chi connectivity index (χ4v) is 2.54. The van der Waals surface area contributed by atoms with E-state index in [0.29, 0.717) is 18.6 Å². The van der Waals surface area contributed by atoms with Gasteiger partial charge in [-0.05, 0) is 45.1 Å². The van der Waals surface area contributed by atoms with Crippen LogP contribution in [0.25, 0.3) is 0 Å². The minimum absolute atomic E-state index is 0.0348. The van der Waals surface area contributed by atoms with Crippen LogP contribution in [0.1, 0.15) is 46.0 Å². The Morgan fingerprint density at radius 1 is 1.50 bits per heavy atom. The summed E-state index contributed by atoms with van der Waals surface area (Å²) in [6.45, 7) is 5.63. The maximum atomic E-state index is 11.7. The van der Waals surface area contributed by atoms with Crippen molar-refractivity contribution >= 4 is 5.97 Å². The predicted octanol–water partition coefficient (Wildman–Crippen LogP) is 1.72. The van der Waals surface area contributed by atoms with Gasteiger partial charge in [0.1, 0.15) is 0 Å². The number of hydrogen-bond donors (Lipinski definition) is 2. The monoisotopic (exact) mass is 257 g/mol. The molecule has 1 aliphatic carbocycles. The molecule has 0 aromatic carbocycles. The maximum absolute atomic E-state index is 11.7. The largest absolute Gasteiger partial charge is 0.466 e. The minimum Gasteiger partial charge on any atom is -0.466 e. The summed E-state index contributed by atoms with van der Waals surface area (Å²) < 4.78 is 5.09. The molecule has 2 N–H and O–H groups in total. The molecule has 3 unspecified atom stereocenters. The number of esters is 1. The number of aliphatic hydroxyl groups is 1. The summed E-state index contributed by atoms with van der Waals surface area (Å²) in [6.07, 6.45) is 4.92. The third-order valence-corrected chi connectivity index (χ3v) is 3.67. The zero-order valence-electron chi connectivity index (χ0n) is 11.7. The van der Waals surface area contributed by atoms with Crippen LogP contribution in [0.5, 0.6) is 0 Å². The normalized spacial score (nSPS) is 25.7. The van der Waals surface area contributed by atoms with Crippen LogP contribution in [0, 0.1) is 11.8 Å². The van der Waals surface area contributed by atoms with Gasteiger partial charge in [0.25, 0.3) is 0 Å². The van der Waals surface area contributed by atoms with Gasteiger partial charge < -0.3 is 15.2 Å². The molecule has 0 heterocycles. The lowest BCUT2D eigenvalue weighted by Gasteiger charge is -2.29. The van der Waals surface area contributed by atoms with E-state index in [1.54, 1.807) is 0 Å². The fraction of sp³-hybridized carbons (Fsp3) is 0.929. The molecule has 0 radical (unpaired) electrons. The summed E-state index contributed by atoms with van der Waals surface area (Å²) in [5, 5.41) is 12.4. The maximum Gasteiger partial charge on any atom is 0.308 e. The van der Waals surface area contributed by atoms with Gasteiger partial charge in [-0.25, -0.2) is 0 Å². The van der Waals surface area contributed by atoms with E-state index in [0.717, 1.165) is 38.6 Å². The molecule has 18 heavy (non-hydrogen) atoms. The van der Waals surface area contributed by atoms with Gasteiger partial charge in [-0.15, -0.1) is 0 Å². The van der Waals surface area contributed by atoms with Crippen molar-refractivity contribution in [1.29, 1.82) is 0 Å². The van der Waals surface area contributed by atoms with Crippen LogP contribution in [0.15, 0.2) is 0 Å². The molecule has 0 aliphatic heterocycles. The summed E-state index contributed by atoms with van der Waals surface area (Å²) in [5.74, 6) is 0.523. The first kappa shape index (κ1) is 15.4. The Morgan fingerprint density at radius 3 is 2.94 bits per heavy atom. The van der Waals surface area contributed by atoms with Gasteiger partial charge in [0.2, 0.25) is 0 Å². The highest BCUT2D eigenvalue weighted by molar-refractivity contribution is 5.72. The molecule has 1 aliphatic rings. The molecule has 4 heteroatoms. The second-order valence-corrected chi connectivity index (χ2v) is 5.34. The van der Waals surface area contributed by atoms with Gasteiger partial charge in [0.05, 0.1) is 12.5 Å². The first-order chi connectivity index (χ1) is 8.67. The van der Waals surface area contributed by atoms with Crippen LogP contribution in [-0.4, -0.2) is 36.9 Å². The molecule has 0 amide bonds. The second-order valence-electron chi connectivity index (χ2n) is 5.34. The molecule has 3 atom stereocenters. The van der Waals surface area contributed by atoms with E-state index in [2.05, 4.69) is 12.2 Å². The van der Waals surface area contributed by atoms with Gasteiger partial charge in [-0.1, -0.05) is 13.3 Å². The average molecular weight is 257 g/mol. The van der Waals surface area contributed by atoms with Crippen molar-refractivity contribution in [3.8, 4) is 0 Å². The standard InChI is InChI=1S/C14H27NO3/c1-3-18-14(17)12-5-4-6-13(9-12)15-10-11(2)7-8-16/h11-13,15-16H,3-10H2,1-2H3. The summed E-state index contributed by atoms with van der Waals surface area (Å²) in [6, 6.07) is 0.425. The molecule has 106 valence electrons. The first-order valence-corrected chi connectivity index (χ1v) is 7.18. The highest BCUT2D eigenvalue weighted by atomic mass is 16.5. The summed E-state index contributed by atoms with van der Waals surface area (Å²) >= 11 is 0. The zero-order chi connectivity index (χ0) is 13.4. The van der Waals surface area contributed by atoms with Crippen molar-refractivity contribution < 1.29 is 14.6 Å². The molecule has 1 fully saturated rings. The van der Waals surface area contributed by atoms with Crippen molar-refractivity contribution in [2.24, 2.45) is 11.8 Å². The lowest BCUT2D eigenvalue weighted by molar-refractivity contribution is -0.149. The number of hydrogen-bond acceptors (Lipinski definition) is 4. The number of carbonyl (C=O) groups is 1. The van der Waals surface area contributed by atoms with Crippen molar-refractivity contribution in [1.82, 2.24) is 5.32 Å². The van der Waals surface area contributed by atoms with Crippen LogP contribution >= 0.6 is 0 Å². The number of nitrogens with one attached hydrogen (secondary N) is 1. The van der Waals surface area contributed by atoms with Crippen LogP contribution in [0.3, 0.4) is 0 Å². The number of carbonyl (C=O) groups excluding carboxylic acids is 1. The van der Waals surface area contributed by atoms with Gasteiger partial charge >= 0.3 is 5.97 Å². The van der Waals surface area contributed by atoms with E-state index in [1.165, 1.54) is 0 Å². The minimum atomic E-state index is -0.0348. The van der Waals surface area contributed by atoms with E-state index >= 15 is 0 Å². The van der Waals surface area contributed by atoms with Gasteiger partial charge in [0.15, 0.2) is 0 Å². The van der Waals surface area contributed by atoms with Crippen LogP contribution < -0.4 is 5.32 Å². The summed E-state index contributed by atoms with van der Waals surface area (Å²) in [5.41, 5.74) is 0. The van der Waals surface area contributed by atoms with Gasteiger partial charge in [-0.2, -0.15) is 0 Å². The summed E-state index contributed by atoms with van der Waals surface area (Å²) in [4.78, 5) is 11.7. The smallest absolute Gasteiger partial charge is 0.308 e. The molecule has 4 nitrogen and oxygen atoms in total. The SMILES string of the molecule is CCOC(=O)C1CCCC(NCC(C)CCO)C1. The predicted molar refractivity (Wildman–Crippen MR) is 71.2 cm³/mol. The van der Waals surface area contributed by atoms with E-state index in [-0.39, 0.29) is 18.5 Å². The summed E-state index contributed by atoms with van der Waals surface area (Å²) in [7, 11) is 0. The van der Waals surface area contributed by atoms with Crippen LogP contribution in [0.2, 0.25) is 0 Å². The van der Waals surface area contributed by atoms with E-state index < -0.39 is 0 Å². The Balaban J connectivity index is 2.28. The molecular weight excluding hydrogens is 230 g/mol. The lowest BCUT2D eigenvalue weighted by Crippen LogP contribution is -2.39. The molecule has 0 aromatic heterocycles. The quantitative estimate of drug-likeness (QED) is 0.682. The number of rotatable bonds is 7. The highest BCUT2D eigenvalue weighted by Gasteiger charge is 2.27. The molecule has 0 bridgehead atoms. The molecule has 0 spiro atoms. The second kappa shape index (κ2) is 8.48. The Morgan fingerprint density at radius 2 is 2.28 bits per heavy atom. The van der Waals surface area contributed by atoms with Crippen molar-refractivity contribution in [2.75, 3.05) is 19.8 Å². The van der Waals surface area contributed by atoms with Crippen LogP contribution in [-0.2, 0) is 9.53 Å². The van der Waals surface area contributed by atoms with Gasteiger partial charge in [0, 0.05) is 12.6 Å². The van der Waals surface area contributed by atoms with Gasteiger partial charge in [-0.3, -0.25) is 4.79 Å². The van der Waals surface area contributed by atoms with Crippen LogP contribution in [0.4, 0.5) is 0 Å². The van der Waals surface area contributed by atoms with E-state index in [9.17, 15) is 4.79 Å². The highest BCUT2D eigenvalue weighted by Crippen LogP contribution is 2.25. The average Bonchev–Trinajstić information content (AvgIpc) is 2.37. The van der Waals surface area contributed by atoms with E-state index in [1.807, 2.05) is 6.92 Å². The molecule has 0 aromatic rings. The van der Waals surface area contributed by atoms with Crippen molar-refractivity contribution in [2.45, 2.75) is 52.0 Å². The Hall–Kier alpha value is -0.610. The fourth-order valence-electron chi connectivity index (χ4n) is 2.54. The molecule has 1 rings (SSSR count). The third-order valence-electron chi connectivity index (χ3n) is 3.67. The topological polar surface area (TPSA) is 58.6 Å².